The Balaban J connectivity index is 1.84. The van der Waals surface area contributed by atoms with Crippen LogP contribution in [-0.4, -0.2) is 28.1 Å². The Kier molecular flexibility index (Phi) is 5.85. The number of benzene rings is 2. The summed E-state index contributed by atoms with van der Waals surface area (Å²) in [5.74, 6) is 0.0241. The zero-order valence-corrected chi connectivity index (χ0v) is 17.4. The van der Waals surface area contributed by atoms with E-state index >= 15 is 0 Å². The van der Waals surface area contributed by atoms with Gasteiger partial charge in [0.25, 0.3) is 0 Å². The molecule has 144 valence electrons. The molecular formula is C22H25Cl2NO2. The molecule has 0 bridgehead atoms. The number of carbonyl (C=O) groups excluding carboxylic acids is 1. The SMILES string of the molecule is CC1c2cccc(CC(C)(C)O)c2CCN1C(=O)Cc1c(Cl)cccc1Cl. The summed E-state index contributed by atoms with van der Waals surface area (Å²) < 4.78 is 0. The quantitative estimate of drug-likeness (QED) is 0.777. The summed E-state index contributed by atoms with van der Waals surface area (Å²) in [6.07, 6.45) is 1.58. The van der Waals surface area contributed by atoms with E-state index in [1.807, 2.05) is 24.8 Å². The lowest BCUT2D eigenvalue weighted by molar-refractivity contribution is -0.133. The van der Waals surface area contributed by atoms with Gasteiger partial charge >= 0.3 is 0 Å². The number of halogens is 2. The van der Waals surface area contributed by atoms with Crippen molar-refractivity contribution in [3.05, 3.63) is 68.7 Å². The van der Waals surface area contributed by atoms with Gasteiger partial charge in [-0.3, -0.25) is 4.79 Å². The Hall–Kier alpha value is -1.55. The van der Waals surface area contributed by atoms with Crippen molar-refractivity contribution in [2.75, 3.05) is 6.54 Å². The van der Waals surface area contributed by atoms with E-state index in [1.165, 1.54) is 5.56 Å². The molecule has 0 saturated carbocycles. The van der Waals surface area contributed by atoms with Gasteiger partial charge in [-0.2, -0.15) is 0 Å². The molecule has 0 saturated heterocycles. The van der Waals surface area contributed by atoms with Gasteiger partial charge in [-0.25, -0.2) is 0 Å². The van der Waals surface area contributed by atoms with Crippen LogP contribution in [0.1, 0.15) is 49.1 Å². The molecule has 0 aliphatic carbocycles. The van der Waals surface area contributed by atoms with Gasteiger partial charge in [-0.05, 0) is 61.6 Å². The summed E-state index contributed by atoms with van der Waals surface area (Å²) in [6, 6.07) is 11.4. The molecule has 0 spiro atoms. The average Bonchev–Trinajstić information content (AvgIpc) is 2.58. The topological polar surface area (TPSA) is 40.5 Å². The molecule has 0 fully saturated rings. The van der Waals surface area contributed by atoms with E-state index in [0.29, 0.717) is 28.6 Å². The summed E-state index contributed by atoms with van der Waals surface area (Å²) in [6.45, 7) is 6.35. The maximum Gasteiger partial charge on any atom is 0.227 e. The van der Waals surface area contributed by atoms with Crippen LogP contribution in [0.15, 0.2) is 36.4 Å². The zero-order chi connectivity index (χ0) is 19.8. The Labute approximate surface area is 170 Å². The molecule has 5 heteroatoms. The van der Waals surface area contributed by atoms with Crippen LogP contribution in [0.3, 0.4) is 0 Å². The standard InChI is InChI=1S/C22H25Cl2NO2/c1-14-16-7-4-6-15(13-22(2,3)27)17(16)10-11-25(14)21(26)12-18-19(23)8-5-9-20(18)24/h4-9,14,27H,10-13H2,1-3H3. The van der Waals surface area contributed by atoms with Gasteiger partial charge in [0.15, 0.2) is 0 Å². The van der Waals surface area contributed by atoms with E-state index in [1.54, 1.807) is 18.2 Å². The summed E-state index contributed by atoms with van der Waals surface area (Å²) in [7, 11) is 0. The van der Waals surface area contributed by atoms with Crippen molar-refractivity contribution in [1.82, 2.24) is 4.90 Å². The third-order valence-corrected chi connectivity index (χ3v) is 5.87. The van der Waals surface area contributed by atoms with E-state index in [-0.39, 0.29) is 18.4 Å². The monoisotopic (exact) mass is 405 g/mol. The van der Waals surface area contributed by atoms with Gasteiger partial charge in [-0.1, -0.05) is 47.5 Å². The normalized spacial score (nSPS) is 17.0. The smallest absolute Gasteiger partial charge is 0.227 e. The van der Waals surface area contributed by atoms with Crippen LogP contribution in [0.2, 0.25) is 10.0 Å². The van der Waals surface area contributed by atoms with Gasteiger partial charge in [-0.15, -0.1) is 0 Å². The molecule has 27 heavy (non-hydrogen) atoms. The highest BCUT2D eigenvalue weighted by molar-refractivity contribution is 6.36. The minimum atomic E-state index is -0.758. The molecule has 1 N–H and O–H groups in total. The molecule has 1 aliphatic heterocycles. The van der Waals surface area contributed by atoms with Crippen molar-refractivity contribution in [3.8, 4) is 0 Å². The Bertz CT molecular complexity index is 838. The van der Waals surface area contributed by atoms with Crippen LogP contribution >= 0.6 is 23.2 Å². The maximum atomic E-state index is 13.0. The highest BCUT2D eigenvalue weighted by Gasteiger charge is 2.30. The van der Waals surface area contributed by atoms with Crippen LogP contribution in [0.4, 0.5) is 0 Å². The second-order valence-corrected chi connectivity index (χ2v) is 8.68. The fraction of sp³-hybridized carbons (Fsp3) is 0.409. The highest BCUT2D eigenvalue weighted by Crippen LogP contribution is 2.34. The number of rotatable bonds is 4. The van der Waals surface area contributed by atoms with Crippen LogP contribution < -0.4 is 0 Å². The third kappa shape index (κ3) is 4.48. The van der Waals surface area contributed by atoms with E-state index in [9.17, 15) is 9.90 Å². The van der Waals surface area contributed by atoms with Gasteiger partial charge in [0.1, 0.15) is 0 Å². The van der Waals surface area contributed by atoms with Crippen molar-refractivity contribution in [1.29, 1.82) is 0 Å². The first-order valence-corrected chi connectivity index (χ1v) is 9.98. The molecule has 1 heterocycles. The molecule has 2 aromatic rings. The van der Waals surface area contributed by atoms with Crippen LogP contribution in [-0.2, 0) is 24.1 Å². The van der Waals surface area contributed by atoms with Gasteiger partial charge in [0.05, 0.1) is 18.1 Å². The van der Waals surface area contributed by atoms with Gasteiger partial charge in [0.2, 0.25) is 5.91 Å². The zero-order valence-electron chi connectivity index (χ0n) is 15.9. The van der Waals surface area contributed by atoms with Gasteiger partial charge in [0, 0.05) is 23.0 Å². The number of hydrogen-bond acceptors (Lipinski definition) is 2. The highest BCUT2D eigenvalue weighted by atomic mass is 35.5. The first kappa shape index (κ1) is 20.2. The minimum absolute atomic E-state index is 0.0238. The Morgan fingerprint density at radius 3 is 2.44 bits per heavy atom. The number of aliphatic hydroxyl groups is 1. The van der Waals surface area contributed by atoms with E-state index in [0.717, 1.165) is 17.5 Å². The van der Waals surface area contributed by atoms with Gasteiger partial charge < -0.3 is 10.0 Å². The second kappa shape index (κ2) is 7.83. The number of fused-ring (bicyclic) bond motifs is 1. The summed E-state index contributed by atoms with van der Waals surface area (Å²) >= 11 is 12.5. The Morgan fingerprint density at radius 1 is 1.19 bits per heavy atom. The van der Waals surface area contributed by atoms with E-state index < -0.39 is 5.60 Å². The van der Waals surface area contributed by atoms with Crippen LogP contribution in [0, 0.1) is 0 Å². The largest absolute Gasteiger partial charge is 0.390 e. The van der Waals surface area contributed by atoms with Crippen molar-refractivity contribution in [2.24, 2.45) is 0 Å². The molecule has 0 radical (unpaired) electrons. The molecular weight excluding hydrogens is 381 g/mol. The molecule has 1 atom stereocenters. The fourth-order valence-electron chi connectivity index (χ4n) is 3.87. The van der Waals surface area contributed by atoms with Crippen molar-refractivity contribution < 1.29 is 9.90 Å². The molecule has 1 aliphatic rings. The lowest BCUT2D eigenvalue weighted by atomic mass is 9.85. The molecule has 1 amide bonds. The summed E-state index contributed by atoms with van der Waals surface area (Å²) in [5, 5.41) is 11.2. The number of nitrogens with zero attached hydrogens (tertiary/aromatic N) is 1. The predicted octanol–water partition coefficient (Wildman–Crippen LogP) is 5.00. The summed E-state index contributed by atoms with van der Waals surface area (Å²) in [4.78, 5) is 14.9. The first-order valence-electron chi connectivity index (χ1n) is 9.23. The van der Waals surface area contributed by atoms with Crippen molar-refractivity contribution in [3.63, 3.8) is 0 Å². The lowest BCUT2D eigenvalue weighted by Crippen LogP contribution is -2.40. The fourth-order valence-corrected chi connectivity index (χ4v) is 4.40. The van der Waals surface area contributed by atoms with E-state index in [2.05, 4.69) is 19.1 Å². The Morgan fingerprint density at radius 2 is 1.81 bits per heavy atom. The molecule has 0 aromatic heterocycles. The average molecular weight is 406 g/mol. The maximum absolute atomic E-state index is 13.0. The summed E-state index contributed by atoms with van der Waals surface area (Å²) in [5.41, 5.74) is 3.49. The number of amides is 1. The van der Waals surface area contributed by atoms with Crippen LogP contribution in [0.25, 0.3) is 0 Å². The predicted molar refractivity (Wildman–Crippen MR) is 110 cm³/mol. The number of carbonyl (C=O) groups is 1. The molecule has 1 unspecified atom stereocenters. The molecule has 3 nitrogen and oxygen atoms in total. The molecule has 2 aromatic carbocycles. The van der Waals surface area contributed by atoms with Crippen molar-refractivity contribution >= 4 is 29.1 Å². The van der Waals surface area contributed by atoms with Crippen LogP contribution in [0.5, 0.6) is 0 Å². The third-order valence-electron chi connectivity index (χ3n) is 5.16. The first-order chi connectivity index (χ1) is 12.7. The second-order valence-electron chi connectivity index (χ2n) is 7.86. The molecule has 3 rings (SSSR count). The number of hydrogen-bond donors (Lipinski definition) is 1. The van der Waals surface area contributed by atoms with Crippen molar-refractivity contribution in [2.45, 2.75) is 51.7 Å². The van der Waals surface area contributed by atoms with E-state index in [4.69, 9.17) is 23.2 Å². The minimum Gasteiger partial charge on any atom is -0.390 e. The lowest BCUT2D eigenvalue weighted by Gasteiger charge is -2.37.